The highest BCUT2D eigenvalue weighted by molar-refractivity contribution is 5.98. The minimum absolute atomic E-state index is 0.179. The number of nitrogens with zero attached hydrogens (tertiary/aromatic N) is 2. The molecule has 0 radical (unpaired) electrons. The zero-order chi connectivity index (χ0) is 13.4. The Morgan fingerprint density at radius 2 is 1.83 bits per heavy atom. The smallest absolute Gasteiger partial charge is 0.170 e. The first-order valence-corrected chi connectivity index (χ1v) is 6.51. The summed E-state index contributed by atoms with van der Waals surface area (Å²) in [5, 5.41) is 11.9. The van der Waals surface area contributed by atoms with E-state index in [2.05, 4.69) is 23.9 Å². The quantitative estimate of drug-likeness (QED) is 0.337. The molecule has 18 heavy (non-hydrogen) atoms. The molecule has 0 aliphatic heterocycles. The van der Waals surface area contributed by atoms with Crippen LogP contribution in [0.4, 0.5) is 0 Å². The molecule has 0 atom stereocenters. The van der Waals surface area contributed by atoms with Crippen molar-refractivity contribution in [2.24, 2.45) is 10.9 Å². The van der Waals surface area contributed by atoms with Gasteiger partial charge in [-0.2, -0.15) is 0 Å². The third kappa shape index (κ3) is 4.04. The van der Waals surface area contributed by atoms with Crippen LogP contribution in [0.5, 0.6) is 0 Å². The van der Waals surface area contributed by atoms with Crippen molar-refractivity contribution in [2.45, 2.75) is 33.2 Å². The summed E-state index contributed by atoms with van der Waals surface area (Å²) in [4.78, 5) is 2.39. The van der Waals surface area contributed by atoms with Crippen LogP contribution in [0.2, 0.25) is 0 Å². The van der Waals surface area contributed by atoms with Gasteiger partial charge in [0.25, 0.3) is 0 Å². The summed E-state index contributed by atoms with van der Waals surface area (Å²) in [7, 11) is 0. The van der Waals surface area contributed by atoms with E-state index >= 15 is 0 Å². The number of hydrogen-bond acceptors (Lipinski definition) is 3. The second kappa shape index (κ2) is 7.71. The van der Waals surface area contributed by atoms with E-state index < -0.39 is 0 Å². The average Bonchev–Trinajstić information content (AvgIpc) is 2.39. The maximum absolute atomic E-state index is 8.80. The summed E-state index contributed by atoms with van der Waals surface area (Å²) in [6.07, 6.45) is 2.26. The van der Waals surface area contributed by atoms with Gasteiger partial charge in [-0.25, -0.2) is 0 Å². The molecule has 0 saturated heterocycles. The van der Waals surface area contributed by atoms with E-state index in [0.717, 1.165) is 43.6 Å². The molecule has 0 aromatic heterocycles. The highest BCUT2D eigenvalue weighted by Crippen LogP contribution is 2.12. The largest absolute Gasteiger partial charge is 0.409 e. The van der Waals surface area contributed by atoms with Gasteiger partial charge in [-0.05, 0) is 31.5 Å². The first kappa shape index (κ1) is 14.5. The molecule has 0 heterocycles. The molecule has 0 saturated carbocycles. The fourth-order valence-electron chi connectivity index (χ4n) is 2.11. The molecule has 1 aromatic carbocycles. The van der Waals surface area contributed by atoms with Gasteiger partial charge in [-0.3, -0.25) is 4.90 Å². The van der Waals surface area contributed by atoms with E-state index in [1.165, 1.54) is 0 Å². The van der Waals surface area contributed by atoms with Crippen LogP contribution in [0.15, 0.2) is 29.4 Å². The molecule has 0 aliphatic carbocycles. The Balaban J connectivity index is 2.88. The lowest BCUT2D eigenvalue weighted by Gasteiger charge is -2.22. The standard InChI is InChI=1S/C14H23N3O/c1-3-9-17(10-4-2)11-12-7-5-6-8-13(12)14(15)16-18/h5-8,18H,3-4,9-11H2,1-2H3,(H2,15,16). The van der Waals surface area contributed by atoms with E-state index in [1.54, 1.807) is 0 Å². The molecule has 3 N–H and O–H groups in total. The maximum Gasteiger partial charge on any atom is 0.170 e. The highest BCUT2D eigenvalue weighted by atomic mass is 16.4. The summed E-state index contributed by atoms with van der Waals surface area (Å²) in [6.45, 7) is 7.33. The van der Waals surface area contributed by atoms with Crippen molar-refractivity contribution >= 4 is 5.84 Å². The van der Waals surface area contributed by atoms with Crippen LogP contribution in [0, 0.1) is 0 Å². The molecule has 1 rings (SSSR count). The molecular formula is C14H23N3O. The van der Waals surface area contributed by atoms with Crippen LogP contribution in [0.1, 0.15) is 37.8 Å². The summed E-state index contributed by atoms with van der Waals surface area (Å²) < 4.78 is 0. The van der Waals surface area contributed by atoms with Crippen molar-refractivity contribution in [2.75, 3.05) is 13.1 Å². The SMILES string of the molecule is CCCN(CCC)Cc1ccccc1/C(N)=N/O. The molecule has 1 aromatic rings. The highest BCUT2D eigenvalue weighted by Gasteiger charge is 2.10. The number of nitrogens with two attached hydrogens (primary N) is 1. The van der Waals surface area contributed by atoms with Crippen LogP contribution in [0.25, 0.3) is 0 Å². The molecule has 0 fully saturated rings. The molecule has 4 heteroatoms. The Morgan fingerprint density at radius 3 is 2.39 bits per heavy atom. The van der Waals surface area contributed by atoms with Crippen LogP contribution >= 0.6 is 0 Å². The molecule has 4 nitrogen and oxygen atoms in total. The predicted octanol–water partition coefficient (Wildman–Crippen LogP) is 2.40. The van der Waals surface area contributed by atoms with Gasteiger partial charge in [0.15, 0.2) is 5.84 Å². The van der Waals surface area contributed by atoms with Crippen LogP contribution in [-0.4, -0.2) is 29.0 Å². The predicted molar refractivity (Wildman–Crippen MR) is 74.8 cm³/mol. The van der Waals surface area contributed by atoms with Crippen LogP contribution in [0.3, 0.4) is 0 Å². The van der Waals surface area contributed by atoms with Crippen LogP contribution in [-0.2, 0) is 6.54 Å². The van der Waals surface area contributed by atoms with E-state index in [-0.39, 0.29) is 5.84 Å². The third-order valence-corrected chi connectivity index (χ3v) is 2.87. The molecule has 0 spiro atoms. The summed E-state index contributed by atoms with van der Waals surface area (Å²) in [5.41, 5.74) is 7.62. The van der Waals surface area contributed by atoms with Gasteiger partial charge in [0, 0.05) is 12.1 Å². The van der Waals surface area contributed by atoms with Crippen molar-refractivity contribution in [3.8, 4) is 0 Å². The van der Waals surface area contributed by atoms with Crippen molar-refractivity contribution in [1.29, 1.82) is 0 Å². The zero-order valence-electron chi connectivity index (χ0n) is 11.3. The van der Waals surface area contributed by atoms with E-state index in [9.17, 15) is 0 Å². The van der Waals surface area contributed by atoms with Crippen molar-refractivity contribution < 1.29 is 5.21 Å². The second-order valence-corrected chi connectivity index (χ2v) is 4.42. The Hall–Kier alpha value is -1.55. The number of oxime groups is 1. The molecule has 100 valence electrons. The molecule has 0 amide bonds. The Labute approximate surface area is 109 Å². The fraction of sp³-hybridized carbons (Fsp3) is 0.500. The lowest BCUT2D eigenvalue weighted by molar-refractivity contribution is 0.266. The summed E-state index contributed by atoms with van der Waals surface area (Å²) in [5.74, 6) is 0.179. The van der Waals surface area contributed by atoms with Gasteiger partial charge < -0.3 is 10.9 Å². The average molecular weight is 249 g/mol. The van der Waals surface area contributed by atoms with Gasteiger partial charge in [0.1, 0.15) is 0 Å². The summed E-state index contributed by atoms with van der Waals surface area (Å²) in [6, 6.07) is 7.81. The lowest BCUT2D eigenvalue weighted by atomic mass is 10.1. The number of rotatable bonds is 7. The zero-order valence-corrected chi connectivity index (χ0v) is 11.3. The van der Waals surface area contributed by atoms with E-state index in [0.29, 0.717) is 0 Å². The monoisotopic (exact) mass is 249 g/mol. The molecular weight excluding hydrogens is 226 g/mol. The topological polar surface area (TPSA) is 61.8 Å². The first-order valence-electron chi connectivity index (χ1n) is 6.51. The second-order valence-electron chi connectivity index (χ2n) is 4.42. The Bertz CT molecular complexity index is 384. The van der Waals surface area contributed by atoms with Gasteiger partial charge in [0.05, 0.1) is 0 Å². The number of benzene rings is 1. The first-order chi connectivity index (χ1) is 8.72. The van der Waals surface area contributed by atoms with Gasteiger partial charge in [-0.1, -0.05) is 43.3 Å². The minimum Gasteiger partial charge on any atom is -0.409 e. The third-order valence-electron chi connectivity index (χ3n) is 2.87. The molecule has 0 bridgehead atoms. The Kier molecular flexibility index (Phi) is 6.22. The maximum atomic E-state index is 8.80. The van der Waals surface area contributed by atoms with Gasteiger partial charge in [0.2, 0.25) is 0 Å². The van der Waals surface area contributed by atoms with Gasteiger partial charge >= 0.3 is 0 Å². The van der Waals surface area contributed by atoms with Crippen molar-refractivity contribution in [3.63, 3.8) is 0 Å². The molecule has 0 unspecified atom stereocenters. The van der Waals surface area contributed by atoms with Gasteiger partial charge in [-0.15, -0.1) is 0 Å². The number of hydrogen-bond donors (Lipinski definition) is 2. The normalized spacial score (nSPS) is 12.1. The Morgan fingerprint density at radius 1 is 1.22 bits per heavy atom. The van der Waals surface area contributed by atoms with Crippen molar-refractivity contribution in [1.82, 2.24) is 4.90 Å². The fourth-order valence-corrected chi connectivity index (χ4v) is 2.11. The van der Waals surface area contributed by atoms with E-state index in [1.807, 2.05) is 24.3 Å². The minimum atomic E-state index is 0.179. The lowest BCUT2D eigenvalue weighted by Crippen LogP contribution is -2.26. The summed E-state index contributed by atoms with van der Waals surface area (Å²) >= 11 is 0. The van der Waals surface area contributed by atoms with Crippen molar-refractivity contribution in [3.05, 3.63) is 35.4 Å². The van der Waals surface area contributed by atoms with E-state index in [4.69, 9.17) is 10.9 Å². The van der Waals surface area contributed by atoms with Crippen LogP contribution < -0.4 is 5.73 Å². The number of amidine groups is 1. The molecule has 0 aliphatic rings.